The van der Waals surface area contributed by atoms with Gasteiger partial charge >= 0.3 is 0 Å². The first-order valence-electron chi connectivity index (χ1n) is 9.45. The molecule has 1 aromatic carbocycles. The van der Waals surface area contributed by atoms with Crippen molar-refractivity contribution >= 4 is 11.6 Å². The van der Waals surface area contributed by atoms with Crippen molar-refractivity contribution in [1.29, 1.82) is 0 Å². The van der Waals surface area contributed by atoms with E-state index >= 15 is 0 Å². The van der Waals surface area contributed by atoms with E-state index in [1.54, 1.807) is 31.6 Å². The number of hydrogen-bond acceptors (Lipinski definition) is 5. The summed E-state index contributed by atoms with van der Waals surface area (Å²) in [7, 11) is 0. The van der Waals surface area contributed by atoms with Crippen molar-refractivity contribution in [3.8, 4) is 11.3 Å². The molecule has 160 valence electrons. The fourth-order valence-corrected chi connectivity index (χ4v) is 3.79. The summed E-state index contributed by atoms with van der Waals surface area (Å²) in [6.45, 7) is 3.45. The summed E-state index contributed by atoms with van der Waals surface area (Å²) in [5.74, 6) is -1.60. The highest BCUT2D eigenvalue weighted by Gasteiger charge is 2.40. The highest BCUT2D eigenvalue weighted by molar-refractivity contribution is 6.30. The quantitative estimate of drug-likeness (QED) is 0.487. The van der Waals surface area contributed by atoms with Gasteiger partial charge in [0.2, 0.25) is 0 Å². The number of benzene rings is 1. The molecule has 4 aromatic rings. The normalized spacial score (nSPS) is 14.4. The van der Waals surface area contributed by atoms with Gasteiger partial charge in [0.05, 0.1) is 29.5 Å². The number of halogens is 3. The zero-order chi connectivity index (χ0) is 22.2. The predicted octanol–water partition coefficient (Wildman–Crippen LogP) is 3.93. The first-order valence-corrected chi connectivity index (χ1v) is 9.82. The standard InChI is InChI=1S/C21H19ClF2N6O/c1-13-5-16(22)8-26-20(13)15-7-27-30(9-15)14(2)21(31,10-29-12-25-11-28-29)18-4-3-17(23)6-19(18)24/h3-9,11-12,14,31H,10H2,1-2H3/t14-,21-/m1/s1. The number of nitrogens with zero attached hydrogens (tertiary/aromatic N) is 6. The van der Waals surface area contributed by atoms with Gasteiger partial charge in [-0.15, -0.1) is 0 Å². The van der Waals surface area contributed by atoms with Crippen LogP contribution >= 0.6 is 11.6 Å². The molecule has 0 spiro atoms. The van der Waals surface area contributed by atoms with Crippen LogP contribution in [0.5, 0.6) is 0 Å². The van der Waals surface area contributed by atoms with Crippen molar-refractivity contribution in [2.45, 2.75) is 32.0 Å². The van der Waals surface area contributed by atoms with Crippen molar-refractivity contribution in [2.24, 2.45) is 0 Å². The molecule has 4 rings (SSSR count). The summed E-state index contributed by atoms with van der Waals surface area (Å²) in [6.07, 6.45) is 7.58. The van der Waals surface area contributed by atoms with E-state index in [-0.39, 0.29) is 12.1 Å². The lowest BCUT2D eigenvalue weighted by molar-refractivity contribution is -0.0368. The smallest absolute Gasteiger partial charge is 0.137 e. The molecule has 0 saturated carbocycles. The number of aromatic nitrogens is 6. The summed E-state index contributed by atoms with van der Waals surface area (Å²) in [4.78, 5) is 8.23. The van der Waals surface area contributed by atoms with Crippen LogP contribution in [0.25, 0.3) is 11.3 Å². The highest BCUT2D eigenvalue weighted by Crippen LogP contribution is 2.37. The molecule has 31 heavy (non-hydrogen) atoms. The number of rotatable bonds is 6. The molecular weight excluding hydrogens is 426 g/mol. The van der Waals surface area contributed by atoms with Crippen LogP contribution < -0.4 is 0 Å². The van der Waals surface area contributed by atoms with Crippen LogP contribution in [0.3, 0.4) is 0 Å². The molecule has 0 aliphatic rings. The minimum Gasteiger partial charge on any atom is -0.381 e. The zero-order valence-corrected chi connectivity index (χ0v) is 17.5. The molecule has 0 bridgehead atoms. The van der Waals surface area contributed by atoms with Crippen LogP contribution in [0.15, 0.2) is 55.5 Å². The molecule has 0 unspecified atom stereocenters. The third-order valence-corrected chi connectivity index (χ3v) is 5.48. The van der Waals surface area contributed by atoms with Crippen LogP contribution in [0.1, 0.15) is 24.1 Å². The van der Waals surface area contributed by atoms with Gasteiger partial charge in [-0.2, -0.15) is 10.2 Å². The second-order valence-corrected chi connectivity index (χ2v) is 7.78. The summed E-state index contributed by atoms with van der Waals surface area (Å²) in [5, 5.41) is 20.6. The third-order valence-electron chi connectivity index (χ3n) is 5.27. The van der Waals surface area contributed by atoms with Crippen LogP contribution in [-0.4, -0.2) is 34.6 Å². The molecule has 0 amide bonds. The molecule has 3 heterocycles. The molecular formula is C21H19ClF2N6O. The van der Waals surface area contributed by atoms with E-state index in [9.17, 15) is 13.9 Å². The molecule has 10 heteroatoms. The molecule has 0 aliphatic heterocycles. The summed E-state index contributed by atoms with van der Waals surface area (Å²) in [6, 6.07) is 4.11. The van der Waals surface area contributed by atoms with Crippen LogP contribution in [0.4, 0.5) is 8.78 Å². The largest absolute Gasteiger partial charge is 0.381 e. The van der Waals surface area contributed by atoms with Crippen molar-refractivity contribution in [2.75, 3.05) is 0 Å². The average Bonchev–Trinajstić information content (AvgIpc) is 3.39. The van der Waals surface area contributed by atoms with E-state index in [1.807, 2.05) is 6.92 Å². The Labute approximate surface area is 182 Å². The van der Waals surface area contributed by atoms with Gasteiger partial charge in [0.1, 0.15) is 29.9 Å². The first-order chi connectivity index (χ1) is 14.8. The van der Waals surface area contributed by atoms with Crippen LogP contribution in [0.2, 0.25) is 5.02 Å². The van der Waals surface area contributed by atoms with Gasteiger partial charge in [-0.05, 0) is 31.5 Å². The van der Waals surface area contributed by atoms with E-state index in [0.717, 1.165) is 17.7 Å². The SMILES string of the molecule is Cc1cc(Cl)cnc1-c1cnn([C@H](C)[C@](O)(Cn2cncn2)c2ccc(F)cc2F)c1. The van der Waals surface area contributed by atoms with Crippen LogP contribution in [-0.2, 0) is 12.1 Å². The van der Waals surface area contributed by atoms with E-state index in [1.165, 1.54) is 28.1 Å². The Morgan fingerprint density at radius 1 is 1.19 bits per heavy atom. The molecule has 0 saturated heterocycles. The highest BCUT2D eigenvalue weighted by atomic mass is 35.5. The van der Waals surface area contributed by atoms with Gasteiger partial charge in [-0.25, -0.2) is 18.4 Å². The molecule has 0 fully saturated rings. The predicted molar refractivity (Wildman–Crippen MR) is 110 cm³/mol. The third kappa shape index (κ3) is 4.06. The van der Waals surface area contributed by atoms with Gasteiger partial charge in [-0.1, -0.05) is 17.7 Å². The van der Waals surface area contributed by atoms with Crippen molar-refractivity contribution in [3.63, 3.8) is 0 Å². The maximum absolute atomic E-state index is 14.7. The maximum Gasteiger partial charge on any atom is 0.137 e. The fraction of sp³-hybridized carbons (Fsp3) is 0.238. The molecule has 0 radical (unpaired) electrons. The number of aryl methyl sites for hydroxylation is 1. The number of aliphatic hydroxyl groups is 1. The first kappa shape index (κ1) is 21.1. The van der Waals surface area contributed by atoms with Gasteiger partial charge < -0.3 is 5.11 Å². The van der Waals surface area contributed by atoms with E-state index in [2.05, 4.69) is 20.2 Å². The van der Waals surface area contributed by atoms with Gasteiger partial charge in [-0.3, -0.25) is 9.67 Å². The maximum atomic E-state index is 14.7. The topological polar surface area (TPSA) is 81.6 Å². The molecule has 1 N–H and O–H groups in total. The van der Waals surface area contributed by atoms with Crippen molar-refractivity contribution < 1.29 is 13.9 Å². The number of hydrogen-bond donors (Lipinski definition) is 1. The zero-order valence-electron chi connectivity index (χ0n) is 16.7. The number of pyridine rings is 1. The second-order valence-electron chi connectivity index (χ2n) is 7.35. The fourth-order valence-electron chi connectivity index (χ4n) is 3.58. The Bertz CT molecular complexity index is 1210. The Kier molecular flexibility index (Phi) is 5.55. The Balaban J connectivity index is 1.76. The van der Waals surface area contributed by atoms with Crippen LogP contribution in [0, 0.1) is 18.6 Å². The Morgan fingerprint density at radius 2 is 2.00 bits per heavy atom. The minimum absolute atomic E-state index is 0.0743. The van der Waals surface area contributed by atoms with Gasteiger partial charge in [0.15, 0.2) is 0 Å². The summed E-state index contributed by atoms with van der Waals surface area (Å²) in [5.41, 5.74) is 0.383. The summed E-state index contributed by atoms with van der Waals surface area (Å²) >= 11 is 5.99. The lowest BCUT2D eigenvalue weighted by atomic mass is 9.86. The molecule has 3 aromatic heterocycles. The molecule has 7 nitrogen and oxygen atoms in total. The second kappa shape index (κ2) is 8.16. The Morgan fingerprint density at radius 3 is 2.68 bits per heavy atom. The lowest BCUT2D eigenvalue weighted by Gasteiger charge is -2.34. The van der Waals surface area contributed by atoms with E-state index < -0.39 is 23.3 Å². The lowest BCUT2D eigenvalue weighted by Crippen LogP contribution is -2.40. The van der Waals surface area contributed by atoms with E-state index in [4.69, 9.17) is 11.6 Å². The van der Waals surface area contributed by atoms with Gasteiger partial charge in [0.25, 0.3) is 0 Å². The van der Waals surface area contributed by atoms with Crippen molar-refractivity contribution in [1.82, 2.24) is 29.5 Å². The van der Waals surface area contributed by atoms with Crippen molar-refractivity contribution in [3.05, 3.63) is 83.3 Å². The average molecular weight is 445 g/mol. The minimum atomic E-state index is -1.81. The molecule has 2 atom stereocenters. The van der Waals surface area contributed by atoms with E-state index in [0.29, 0.717) is 16.3 Å². The summed E-state index contributed by atoms with van der Waals surface area (Å²) < 4.78 is 31.1. The monoisotopic (exact) mass is 444 g/mol. The molecule has 0 aliphatic carbocycles. The van der Waals surface area contributed by atoms with Gasteiger partial charge in [0, 0.05) is 29.6 Å². The Hall–Kier alpha value is -3.17.